The molecule has 0 bridgehead atoms. The molecule has 3 heteroatoms. The molecule has 1 aromatic heterocycles. The Morgan fingerprint density at radius 3 is 2.45 bits per heavy atom. The molecular formula is C17H16N2O. The number of aliphatic hydroxyl groups excluding tert-OH is 1. The molecule has 3 aromatic rings. The Bertz CT molecular complexity index is 763. The van der Waals surface area contributed by atoms with E-state index in [1.165, 1.54) is 5.39 Å². The van der Waals surface area contributed by atoms with Crippen molar-refractivity contribution < 1.29 is 5.11 Å². The molecule has 0 fully saturated rings. The second-order valence-electron chi connectivity index (χ2n) is 5.31. The summed E-state index contributed by atoms with van der Waals surface area (Å²) in [6, 6.07) is 20.5. The maximum atomic E-state index is 10.7. The van der Waals surface area contributed by atoms with E-state index in [0.717, 1.165) is 16.8 Å². The number of rotatable bonds is 1. The number of likely N-dealkylation sites (N-methyl/N-ethyl adjacent to an activating group) is 1. The predicted molar refractivity (Wildman–Crippen MR) is 80.2 cm³/mol. The molecule has 4 rings (SSSR count). The quantitative estimate of drug-likeness (QED) is 0.732. The van der Waals surface area contributed by atoms with Crippen LogP contribution in [0.15, 0.2) is 60.7 Å². The summed E-state index contributed by atoms with van der Waals surface area (Å²) >= 11 is 0. The van der Waals surface area contributed by atoms with Gasteiger partial charge in [0, 0.05) is 12.4 Å². The molecule has 1 N–H and O–H groups in total. The van der Waals surface area contributed by atoms with Crippen LogP contribution in [0.1, 0.15) is 23.4 Å². The Kier molecular flexibility index (Phi) is 2.38. The first-order valence-corrected chi connectivity index (χ1v) is 6.84. The van der Waals surface area contributed by atoms with Gasteiger partial charge < -0.3 is 10.1 Å². The molecule has 0 saturated carbocycles. The molecule has 0 amide bonds. The molecule has 20 heavy (non-hydrogen) atoms. The van der Waals surface area contributed by atoms with Crippen LogP contribution in [0.25, 0.3) is 10.9 Å². The standard InChI is InChI=1S/C17H16N2O/c1-18-16(12-7-3-2-4-8-12)17(20)15-11-13-9-5-6-10-14(13)19(15)18/h2-11,16-17,20H,1H3/t16-,17+/m1/s1. The third-order valence-corrected chi connectivity index (χ3v) is 4.17. The van der Waals surface area contributed by atoms with Gasteiger partial charge in [0.15, 0.2) is 0 Å². The Morgan fingerprint density at radius 1 is 0.950 bits per heavy atom. The topological polar surface area (TPSA) is 28.4 Å². The monoisotopic (exact) mass is 264 g/mol. The van der Waals surface area contributed by atoms with Crippen LogP contribution in [0.3, 0.4) is 0 Å². The molecule has 0 aliphatic carbocycles. The van der Waals surface area contributed by atoms with Gasteiger partial charge in [-0.15, -0.1) is 0 Å². The Labute approximate surface area is 117 Å². The Balaban J connectivity index is 1.89. The van der Waals surface area contributed by atoms with Crippen LogP contribution in [-0.4, -0.2) is 16.8 Å². The van der Waals surface area contributed by atoms with Crippen molar-refractivity contribution in [3.05, 3.63) is 71.9 Å². The van der Waals surface area contributed by atoms with Gasteiger partial charge in [-0.25, -0.2) is 0 Å². The van der Waals surface area contributed by atoms with Gasteiger partial charge in [-0.3, -0.25) is 4.68 Å². The Hall–Kier alpha value is -2.26. The molecule has 0 spiro atoms. The number of fused-ring (bicyclic) bond motifs is 3. The third kappa shape index (κ3) is 1.44. The van der Waals surface area contributed by atoms with E-state index in [9.17, 15) is 5.11 Å². The van der Waals surface area contributed by atoms with Crippen LogP contribution in [0.5, 0.6) is 0 Å². The third-order valence-electron chi connectivity index (χ3n) is 4.17. The van der Waals surface area contributed by atoms with Gasteiger partial charge in [-0.2, -0.15) is 0 Å². The van der Waals surface area contributed by atoms with Crippen molar-refractivity contribution in [3.8, 4) is 0 Å². The highest BCUT2D eigenvalue weighted by Gasteiger charge is 2.37. The summed E-state index contributed by atoms with van der Waals surface area (Å²) < 4.78 is 2.12. The summed E-state index contributed by atoms with van der Waals surface area (Å²) in [5, 5.41) is 14.0. The van der Waals surface area contributed by atoms with E-state index in [-0.39, 0.29) is 6.04 Å². The van der Waals surface area contributed by atoms with Crippen molar-refractivity contribution >= 4 is 10.9 Å². The number of hydrogen-bond donors (Lipinski definition) is 1. The molecule has 0 unspecified atom stereocenters. The van der Waals surface area contributed by atoms with Gasteiger partial charge in [0.25, 0.3) is 0 Å². The van der Waals surface area contributed by atoms with E-state index >= 15 is 0 Å². The van der Waals surface area contributed by atoms with Crippen molar-refractivity contribution in [2.45, 2.75) is 12.1 Å². The number of para-hydroxylation sites is 1. The van der Waals surface area contributed by atoms with Crippen LogP contribution in [0, 0.1) is 0 Å². The van der Waals surface area contributed by atoms with E-state index in [4.69, 9.17) is 0 Å². The Morgan fingerprint density at radius 2 is 1.65 bits per heavy atom. The number of hydrogen-bond acceptors (Lipinski definition) is 2. The normalized spacial score (nSPS) is 21.4. The number of aromatic nitrogens is 1. The van der Waals surface area contributed by atoms with Crippen molar-refractivity contribution in [1.82, 2.24) is 4.68 Å². The average molecular weight is 264 g/mol. The zero-order valence-corrected chi connectivity index (χ0v) is 11.3. The van der Waals surface area contributed by atoms with Gasteiger partial charge in [0.05, 0.1) is 11.2 Å². The molecule has 1 aliphatic rings. The van der Waals surface area contributed by atoms with E-state index in [0.29, 0.717) is 0 Å². The second kappa shape index (κ2) is 4.12. The molecule has 2 heterocycles. The highest BCUT2D eigenvalue weighted by molar-refractivity contribution is 5.82. The zero-order chi connectivity index (χ0) is 13.7. The molecular weight excluding hydrogens is 248 g/mol. The molecule has 2 atom stereocenters. The van der Waals surface area contributed by atoms with Crippen LogP contribution in [0.4, 0.5) is 0 Å². The molecule has 3 nitrogen and oxygen atoms in total. The number of nitrogens with zero attached hydrogens (tertiary/aromatic N) is 2. The summed E-state index contributed by atoms with van der Waals surface area (Å²) in [7, 11) is 2.03. The lowest BCUT2D eigenvalue weighted by molar-refractivity contribution is 0.157. The van der Waals surface area contributed by atoms with Gasteiger partial charge in [0.2, 0.25) is 0 Å². The largest absolute Gasteiger partial charge is 0.384 e. The number of aliphatic hydroxyl groups is 1. The smallest absolute Gasteiger partial charge is 0.122 e. The van der Waals surface area contributed by atoms with Crippen molar-refractivity contribution in [3.63, 3.8) is 0 Å². The second-order valence-corrected chi connectivity index (χ2v) is 5.31. The lowest BCUT2D eigenvalue weighted by atomic mass is 10.0. The molecule has 0 saturated heterocycles. The zero-order valence-electron chi connectivity index (χ0n) is 11.3. The van der Waals surface area contributed by atoms with E-state index in [1.807, 2.05) is 37.4 Å². The highest BCUT2D eigenvalue weighted by Crippen LogP contribution is 2.41. The fourth-order valence-corrected chi connectivity index (χ4v) is 3.26. The summed E-state index contributed by atoms with van der Waals surface area (Å²) in [6.07, 6.45) is -0.505. The summed E-state index contributed by atoms with van der Waals surface area (Å²) in [5.74, 6) is 0. The van der Waals surface area contributed by atoms with Crippen molar-refractivity contribution in [2.75, 3.05) is 12.1 Å². The summed E-state index contributed by atoms with van der Waals surface area (Å²) in [4.78, 5) is 0. The first kappa shape index (κ1) is 11.6. The molecule has 1 aliphatic heterocycles. The first-order chi connectivity index (χ1) is 9.77. The fraction of sp³-hybridized carbons (Fsp3) is 0.176. The molecule has 0 radical (unpaired) electrons. The van der Waals surface area contributed by atoms with Gasteiger partial charge in [0.1, 0.15) is 12.1 Å². The first-order valence-electron chi connectivity index (χ1n) is 6.84. The lowest BCUT2D eigenvalue weighted by Gasteiger charge is -2.26. The van der Waals surface area contributed by atoms with Crippen molar-refractivity contribution in [2.24, 2.45) is 0 Å². The molecule has 100 valence electrons. The van der Waals surface area contributed by atoms with E-state index in [2.05, 4.69) is 40.0 Å². The minimum absolute atomic E-state index is 0.0317. The predicted octanol–water partition coefficient (Wildman–Crippen LogP) is 3.00. The van der Waals surface area contributed by atoms with Gasteiger partial charge >= 0.3 is 0 Å². The number of benzene rings is 2. The van der Waals surface area contributed by atoms with E-state index < -0.39 is 6.10 Å². The highest BCUT2D eigenvalue weighted by atomic mass is 16.3. The van der Waals surface area contributed by atoms with Crippen LogP contribution < -0.4 is 5.01 Å². The summed E-state index contributed by atoms with van der Waals surface area (Å²) in [5.41, 5.74) is 3.24. The maximum Gasteiger partial charge on any atom is 0.122 e. The summed E-state index contributed by atoms with van der Waals surface area (Å²) in [6.45, 7) is 0. The van der Waals surface area contributed by atoms with E-state index in [1.54, 1.807) is 0 Å². The SMILES string of the molecule is CN1[C@H](c2ccccc2)[C@@H](O)c2cc3ccccc3n21. The molecule has 2 aromatic carbocycles. The minimum atomic E-state index is -0.505. The maximum absolute atomic E-state index is 10.7. The van der Waals surface area contributed by atoms with Crippen LogP contribution >= 0.6 is 0 Å². The lowest BCUT2D eigenvalue weighted by Crippen LogP contribution is -2.29. The fourth-order valence-electron chi connectivity index (χ4n) is 3.26. The van der Waals surface area contributed by atoms with Gasteiger partial charge in [-0.1, -0.05) is 48.5 Å². The average Bonchev–Trinajstić information content (AvgIpc) is 2.97. The van der Waals surface area contributed by atoms with Crippen LogP contribution in [-0.2, 0) is 0 Å². The minimum Gasteiger partial charge on any atom is -0.384 e. The van der Waals surface area contributed by atoms with Gasteiger partial charge in [-0.05, 0) is 17.7 Å². The van der Waals surface area contributed by atoms with Crippen molar-refractivity contribution in [1.29, 1.82) is 0 Å². The van der Waals surface area contributed by atoms with Crippen LogP contribution in [0.2, 0.25) is 0 Å².